The monoisotopic (exact) mass is 294 g/mol. The van der Waals surface area contributed by atoms with Gasteiger partial charge in [0.05, 0.1) is 7.11 Å². The maximum absolute atomic E-state index is 12.2. The van der Waals surface area contributed by atoms with Gasteiger partial charge in [-0.15, -0.1) is 0 Å². The van der Waals surface area contributed by atoms with E-state index in [-0.39, 0.29) is 16.7 Å². The van der Waals surface area contributed by atoms with Gasteiger partial charge in [0.2, 0.25) is 0 Å². The van der Waals surface area contributed by atoms with Crippen LogP contribution in [0, 0.1) is 16.7 Å². The summed E-state index contributed by atoms with van der Waals surface area (Å²) in [7, 11) is 1.72. The Bertz CT molecular complexity index is 727. The molecule has 0 fully saturated rings. The van der Waals surface area contributed by atoms with E-state index in [1.54, 1.807) is 7.11 Å². The van der Waals surface area contributed by atoms with Crippen molar-refractivity contribution in [3.8, 4) is 5.75 Å². The molecule has 114 valence electrons. The first kappa shape index (κ1) is 13.8. The molecule has 0 N–H and O–H groups in total. The third-order valence-electron chi connectivity index (χ3n) is 6.50. The second-order valence-corrected chi connectivity index (χ2v) is 7.28. The molecule has 0 heterocycles. The van der Waals surface area contributed by atoms with Crippen molar-refractivity contribution in [1.82, 2.24) is 0 Å². The van der Waals surface area contributed by atoms with Crippen molar-refractivity contribution in [3.05, 3.63) is 47.6 Å². The van der Waals surface area contributed by atoms with Crippen LogP contribution in [0.5, 0.6) is 5.75 Å². The minimum atomic E-state index is -0.0498. The van der Waals surface area contributed by atoms with Crippen molar-refractivity contribution in [2.24, 2.45) is 16.7 Å². The number of ether oxygens (including phenoxy) is 1. The SMILES string of the molecule is COc1ccc2c(c1)CC[C@@]1(C)C2=CC[C@H]2C(=O)C=C[C@@]21C. The molecular weight excluding hydrogens is 272 g/mol. The Morgan fingerprint density at radius 1 is 1.27 bits per heavy atom. The lowest BCUT2D eigenvalue weighted by atomic mass is 9.49. The summed E-state index contributed by atoms with van der Waals surface area (Å²) in [5.74, 6) is 1.36. The van der Waals surface area contributed by atoms with Crippen LogP contribution in [-0.2, 0) is 11.2 Å². The quantitative estimate of drug-likeness (QED) is 0.776. The second-order valence-electron chi connectivity index (χ2n) is 7.28. The highest BCUT2D eigenvalue weighted by Crippen LogP contribution is 2.63. The second kappa shape index (κ2) is 4.34. The number of rotatable bonds is 1. The minimum absolute atomic E-state index is 0.0418. The molecule has 3 aliphatic rings. The average Bonchev–Trinajstić information content (AvgIpc) is 2.83. The molecule has 1 aromatic carbocycles. The van der Waals surface area contributed by atoms with Crippen LogP contribution < -0.4 is 4.74 Å². The Labute approximate surface area is 131 Å². The molecule has 2 nitrogen and oxygen atoms in total. The fourth-order valence-corrected chi connectivity index (χ4v) is 4.83. The van der Waals surface area contributed by atoms with E-state index in [9.17, 15) is 4.79 Å². The molecule has 0 bridgehead atoms. The molecule has 0 saturated heterocycles. The first-order valence-corrected chi connectivity index (χ1v) is 8.10. The van der Waals surface area contributed by atoms with Gasteiger partial charge in [-0.3, -0.25) is 4.79 Å². The highest BCUT2D eigenvalue weighted by molar-refractivity contribution is 5.97. The Morgan fingerprint density at radius 3 is 2.86 bits per heavy atom. The van der Waals surface area contributed by atoms with Crippen molar-refractivity contribution in [1.29, 1.82) is 0 Å². The number of hydrogen-bond acceptors (Lipinski definition) is 2. The summed E-state index contributed by atoms with van der Waals surface area (Å²) in [5, 5.41) is 0. The van der Waals surface area contributed by atoms with Gasteiger partial charge < -0.3 is 4.74 Å². The number of fused-ring (bicyclic) bond motifs is 5. The normalized spacial score (nSPS) is 35.5. The fraction of sp³-hybridized carbons (Fsp3) is 0.450. The van der Waals surface area contributed by atoms with E-state index in [1.807, 2.05) is 6.08 Å². The Balaban J connectivity index is 1.88. The zero-order chi connectivity index (χ0) is 15.5. The lowest BCUT2D eigenvalue weighted by Gasteiger charge is -2.53. The number of methoxy groups -OCH3 is 1. The van der Waals surface area contributed by atoms with Crippen LogP contribution in [-0.4, -0.2) is 12.9 Å². The lowest BCUT2D eigenvalue weighted by molar-refractivity contribution is -0.121. The zero-order valence-corrected chi connectivity index (χ0v) is 13.5. The van der Waals surface area contributed by atoms with E-state index in [2.05, 4.69) is 44.2 Å². The topological polar surface area (TPSA) is 26.3 Å². The smallest absolute Gasteiger partial charge is 0.159 e. The van der Waals surface area contributed by atoms with Crippen LogP contribution in [0.1, 0.15) is 37.8 Å². The van der Waals surface area contributed by atoms with Gasteiger partial charge in [0, 0.05) is 16.7 Å². The maximum atomic E-state index is 12.2. The van der Waals surface area contributed by atoms with Gasteiger partial charge >= 0.3 is 0 Å². The van der Waals surface area contributed by atoms with E-state index in [1.165, 1.54) is 16.7 Å². The molecule has 0 aliphatic heterocycles. The van der Waals surface area contributed by atoms with Gasteiger partial charge in [0.15, 0.2) is 5.78 Å². The summed E-state index contributed by atoms with van der Waals surface area (Å²) in [6, 6.07) is 6.41. The first-order chi connectivity index (χ1) is 10.5. The van der Waals surface area contributed by atoms with Crippen molar-refractivity contribution in [2.75, 3.05) is 7.11 Å². The summed E-state index contributed by atoms with van der Waals surface area (Å²) in [6.07, 6.45) is 9.31. The molecule has 0 amide bonds. The summed E-state index contributed by atoms with van der Waals surface area (Å²) in [4.78, 5) is 12.2. The van der Waals surface area contributed by atoms with E-state index >= 15 is 0 Å². The molecule has 2 heteroatoms. The Morgan fingerprint density at radius 2 is 2.09 bits per heavy atom. The predicted molar refractivity (Wildman–Crippen MR) is 87.8 cm³/mol. The Kier molecular flexibility index (Phi) is 2.73. The highest BCUT2D eigenvalue weighted by Gasteiger charge is 2.57. The molecule has 22 heavy (non-hydrogen) atoms. The van der Waals surface area contributed by atoms with Crippen LogP contribution in [0.15, 0.2) is 36.4 Å². The average molecular weight is 294 g/mol. The molecule has 0 unspecified atom stereocenters. The lowest BCUT2D eigenvalue weighted by Crippen LogP contribution is -2.46. The molecular formula is C20H22O2. The van der Waals surface area contributed by atoms with Crippen LogP contribution in [0.3, 0.4) is 0 Å². The number of carbonyl (C=O) groups excluding carboxylic acids is 1. The summed E-state index contributed by atoms with van der Waals surface area (Å²) in [6.45, 7) is 4.63. The summed E-state index contributed by atoms with van der Waals surface area (Å²) in [5.41, 5.74) is 4.14. The largest absolute Gasteiger partial charge is 0.497 e. The van der Waals surface area contributed by atoms with Crippen molar-refractivity contribution in [3.63, 3.8) is 0 Å². The van der Waals surface area contributed by atoms with Gasteiger partial charge in [-0.25, -0.2) is 0 Å². The van der Waals surface area contributed by atoms with Crippen molar-refractivity contribution < 1.29 is 9.53 Å². The number of hydrogen-bond donors (Lipinski definition) is 0. The number of ketones is 1. The number of aryl methyl sites for hydroxylation is 1. The Hall–Kier alpha value is -1.83. The number of carbonyl (C=O) groups is 1. The molecule has 0 spiro atoms. The summed E-state index contributed by atoms with van der Waals surface area (Å²) >= 11 is 0. The van der Waals surface area contributed by atoms with E-state index in [0.29, 0.717) is 5.78 Å². The van der Waals surface area contributed by atoms with Gasteiger partial charge in [-0.1, -0.05) is 32.1 Å². The standard InChI is InChI=1S/C20H22O2/c1-19-10-8-13-12-14(22-3)4-5-15(13)16(19)6-7-17-18(21)9-11-20(17,19)2/h4-6,9,11-12,17H,7-8,10H2,1-3H3/t17-,19-,20-/m0/s1. The van der Waals surface area contributed by atoms with Gasteiger partial charge in [-0.05, 0) is 54.2 Å². The molecule has 1 aromatic rings. The predicted octanol–water partition coefficient (Wildman–Crippen LogP) is 4.20. The van der Waals surface area contributed by atoms with Gasteiger partial charge in [0.1, 0.15) is 5.75 Å². The maximum Gasteiger partial charge on any atom is 0.159 e. The van der Waals surface area contributed by atoms with Crippen LogP contribution >= 0.6 is 0 Å². The van der Waals surface area contributed by atoms with Gasteiger partial charge in [0.25, 0.3) is 0 Å². The molecule has 0 aromatic heterocycles. The van der Waals surface area contributed by atoms with Crippen molar-refractivity contribution >= 4 is 11.4 Å². The van der Waals surface area contributed by atoms with Crippen LogP contribution in [0.4, 0.5) is 0 Å². The van der Waals surface area contributed by atoms with Crippen LogP contribution in [0.2, 0.25) is 0 Å². The van der Waals surface area contributed by atoms with Crippen molar-refractivity contribution in [2.45, 2.75) is 33.1 Å². The third-order valence-corrected chi connectivity index (χ3v) is 6.50. The number of allylic oxidation sites excluding steroid dienone is 4. The highest BCUT2D eigenvalue weighted by atomic mass is 16.5. The molecule has 3 aliphatic carbocycles. The molecule has 4 rings (SSSR count). The fourth-order valence-electron chi connectivity index (χ4n) is 4.83. The molecule has 0 radical (unpaired) electrons. The van der Waals surface area contributed by atoms with E-state index in [0.717, 1.165) is 25.0 Å². The molecule has 0 saturated carbocycles. The summed E-state index contributed by atoms with van der Waals surface area (Å²) < 4.78 is 5.37. The van der Waals surface area contributed by atoms with E-state index in [4.69, 9.17) is 4.74 Å². The van der Waals surface area contributed by atoms with Crippen LogP contribution in [0.25, 0.3) is 5.57 Å². The first-order valence-electron chi connectivity index (χ1n) is 8.10. The number of benzene rings is 1. The minimum Gasteiger partial charge on any atom is -0.497 e. The zero-order valence-electron chi connectivity index (χ0n) is 13.5. The van der Waals surface area contributed by atoms with E-state index < -0.39 is 0 Å². The third kappa shape index (κ3) is 1.53. The van der Waals surface area contributed by atoms with Gasteiger partial charge in [-0.2, -0.15) is 0 Å². The molecule has 3 atom stereocenters.